The van der Waals surface area contributed by atoms with E-state index in [1.54, 1.807) is 6.08 Å². The maximum Gasteiger partial charge on any atom is 0.245 e. The molecule has 0 aromatic heterocycles. The van der Waals surface area contributed by atoms with Gasteiger partial charge in [-0.15, -0.1) is 0 Å². The van der Waals surface area contributed by atoms with Gasteiger partial charge in [-0.3, -0.25) is 9.59 Å². The molecular formula is C20H21ClO2. The van der Waals surface area contributed by atoms with Crippen LogP contribution in [0.3, 0.4) is 0 Å². The number of Topliss-reactive ketones (excluding diaryl/α,β-unsaturated/α-hetero) is 1. The van der Waals surface area contributed by atoms with Gasteiger partial charge in [0, 0.05) is 5.41 Å². The first-order valence-corrected chi connectivity index (χ1v) is 8.37. The third-order valence-corrected chi connectivity index (χ3v) is 6.16. The predicted octanol–water partition coefficient (Wildman–Crippen LogP) is 4.87. The van der Waals surface area contributed by atoms with E-state index in [1.165, 1.54) is 6.08 Å². The van der Waals surface area contributed by atoms with Crippen LogP contribution >= 0.6 is 11.6 Å². The summed E-state index contributed by atoms with van der Waals surface area (Å²) in [6.07, 6.45) is 7.15. The molecule has 3 heteroatoms. The molecule has 0 radical (unpaired) electrons. The number of ketones is 1. The van der Waals surface area contributed by atoms with Gasteiger partial charge in [0.05, 0.1) is 0 Å². The lowest BCUT2D eigenvalue weighted by molar-refractivity contribution is -0.125. The monoisotopic (exact) mass is 328 g/mol. The van der Waals surface area contributed by atoms with Crippen LogP contribution in [0, 0.1) is 16.7 Å². The van der Waals surface area contributed by atoms with E-state index in [9.17, 15) is 9.59 Å². The second-order valence-electron chi connectivity index (χ2n) is 7.38. The van der Waals surface area contributed by atoms with Crippen LogP contribution in [0.4, 0.5) is 0 Å². The second kappa shape index (κ2) is 5.45. The summed E-state index contributed by atoms with van der Waals surface area (Å²) in [7, 11) is 0. The molecule has 2 bridgehead atoms. The first-order valence-electron chi connectivity index (χ1n) is 8.00. The van der Waals surface area contributed by atoms with E-state index in [0.717, 1.165) is 29.5 Å². The van der Waals surface area contributed by atoms with Crippen molar-refractivity contribution in [2.75, 3.05) is 0 Å². The Bertz CT molecular complexity index is 725. The molecule has 23 heavy (non-hydrogen) atoms. The molecule has 0 heterocycles. The van der Waals surface area contributed by atoms with Crippen LogP contribution in [-0.4, -0.2) is 11.0 Å². The molecule has 0 saturated heterocycles. The lowest BCUT2D eigenvalue weighted by Crippen LogP contribution is -2.32. The fourth-order valence-corrected chi connectivity index (χ4v) is 4.20. The summed E-state index contributed by atoms with van der Waals surface area (Å²) >= 11 is 5.29. The molecule has 0 aliphatic heterocycles. The molecule has 3 rings (SSSR count). The minimum atomic E-state index is -0.487. The molecule has 2 aliphatic carbocycles. The maximum absolute atomic E-state index is 12.8. The van der Waals surface area contributed by atoms with Gasteiger partial charge in [0.2, 0.25) is 5.24 Å². The smallest absolute Gasteiger partial charge is 0.245 e. The Balaban J connectivity index is 1.88. The maximum atomic E-state index is 12.8. The highest BCUT2D eigenvalue weighted by Gasteiger charge is 2.63. The van der Waals surface area contributed by atoms with Gasteiger partial charge in [0.25, 0.3) is 0 Å². The summed E-state index contributed by atoms with van der Waals surface area (Å²) < 4.78 is 0. The summed E-state index contributed by atoms with van der Waals surface area (Å²) in [6.45, 7) is 6.56. The van der Waals surface area contributed by atoms with Gasteiger partial charge in [-0.05, 0) is 64.6 Å². The predicted molar refractivity (Wildman–Crippen MR) is 93.9 cm³/mol. The molecule has 2 aliphatic rings. The van der Waals surface area contributed by atoms with Crippen LogP contribution in [-0.2, 0) is 9.59 Å². The average Bonchev–Trinajstić information content (AvgIpc) is 2.80. The fourth-order valence-electron chi connectivity index (χ4n) is 4.14. The Hall–Kier alpha value is -1.67. The van der Waals surface area contributed by atoms with E-state index in [1.807, 2.05) is 30.3 Å². The zero-order chi connectivity index (χ0) is 16.8. The number of carbonyl (C=O) groups is 2. The standard InChI is InChI=1S/C20H21ClO2/c1-19(2)16-10-11-20(19,3)18(23)15(16)12-14-6-4-13(5-7-14)8-9-17(21)22/h4-9,12,16H,10-11H2,1-3H3. The molecule has 2 fully saturated rings. The van der Waals surface area contributed by atoms with Crippen molar-refractivity contribution >= 4 is 34.8 Å². The highest BCUT2D eigenvalue weighted by atomic mass is 35.5. The van der Waals surface area contributed by atoms with E-state index >= 15 is 0 Å². The Morgan fingerprint density at radius 3 is 2.30 bits per heavy atom. The molecule has 2 atom stereocenters. The number of carbonyl (C=O) groups excluding carboxylic acids is 2. The summed E-state index contributed by atoms with van der Waals surface area (Å²) in [5, 5.41) is -0.487. The molecule has 2 saturated carbocycles. The van der Waals surface area contributed by atoms with Crippen molar-refractivity contribution in [2.45, 2.75) is 33.6 Å². The summed E-state index contributed by atoms with van der Waals surface area (Å²) in [5.41, 5.74) is 2.73. The van der Waals surface area contributed by atoms with Crippen LogP contribution in [0.1, 0.15) is 44.7 Å². The molecule has 1 aromatic rings. The van der Waals surface area contributed by atoms with Gasteiger partial charge in [-0.25, -0.2) is 0 Å². The highest BCUT2D eigenvalue weighted by molar-refractivity contribution is 6.66. The first-order chi connectivity index (χ1) is 10.8. The van der Waals surface area contributed by atoms with Crippen LogP contribution < -0.4 is 0 Å². The van der Waals surface area contributed by atoms with E-state index in [0.29, 0.717) is 11.7 Å². The van der Waals surface area contributed by atoms with Gasteiger partial charge in [0.1, 0.15) is 0 Å². The average molecular weight is 329 g/mol. The van der Waals surface area contributed by atoms with Crippen molar-refractivity contribution in [1.29, 1.82) is 0 Å². The van der Waals surface area contributed by atoms with E-state index < -0.39 is 5.24 Å². The van der Waals surface area contributed by atoms with E-state index in [2.05, 4.69) is 20.8 Å². The second-order valence-corrected chi connectivity index (χ2v) is 7.75. The fraction of sp³-hybridized carbons (Fsp3) is 0.400. The number of rotatable bonds is 3. The van der Waals surface area contributed by atoms with Crippen molar-refractivity contribution < 1.29 is 9.59 Å². The number of benzene rings is 1. The van der Waals surface area contributed by atoms with Crippen LogP contribution in [0.15, 0.2) is 35.9 Å². The van der Waals surface area contributed by atoms with Crippen molar-refractivity contribution in [2.24, 2.45) is 16.7 Å². The lowest BCUT2D eigenvalue weighted by atomic mass is 9.70. The third kappa shape index (κ3) is 2.49. The SMILES string of the molecule is CC12CCC(C(=Cc3ccc(C=CC(=O)Cl)cc3)C1=O)C2(C)C. The lowest BCUT2D eigenvalue weighted by Gasteiger charge is -2.31. The zero-order valence-electron chi connectivity index (χ0n) is 13.7. The minimum absolute atomic E-state index is 0.0410. The van der Waals surface area contributed by atoms with Gasteiger partial charge in [-0.1, -0.05) is 51.1 Å². The molecular weight excluding hydrogens is 308 g/mol. The Morgan fingerprint density at radius 1 is 1.17 bits per heavy atom. The molecule has 120 valence electrons. The van der Waals surface area contributed by atoms with Crippen LogP contribution in [0.5, 0.6) is 0 Å². The molecule has 0 N–H and O–H groups in total. The number of hydrogen-bond acceptors (Lipinski definition) is 2. The number of allylic oxidation sites excluding steroid dienone is 2. The molecule has 0 spiro atoms. The quantitative estimate of drug-likeness (QED) is 0.585. The molecule has 2 nitrogen and oxygen atoms in total. The van der Waals surface area contributed by atoms with E-state index in [-0.39, 0.29) is 10.8 Å². The van der Waals surface area contributed by atoms with Crippen molar-refractivity contribution in [3.63, 3.8) is 0 Å². The Labute approximate surface area is 142 Å². The zero-order valence-corrected chi connectivity index (χ0v) is 14.5. The molecule has 2 unspecified atom stereocenters. The number of hydrogen-bond donors (Lipinski definition) is 0. The van der Waals surface area contributed by atoms with Gasteiger partial charge in [0.15, 0.2) is 5.78 Å². The van der Waals surface area contributed by atoms with Gasteiger partial charge < -0.3 is 0 Å². The summed E-state index contributed by atoms with van der Waals surface area (Å²) in [4.78, 5) is 23.6. The summed E-state index contributed by atoms with van der Waals surface area (Å²) in [5.74, 6) is 0.670. The first kappa shape index (κ1) is 16.2. The topological polar surface area (TPSA) is 34.1 Å². The van der Waals surface area contributed by atoms with Crippen LogP contribution in [0.25, 0.3) is 12.2 Å². The van der Waals surface area contributed by atoms with Crippen molar-refractivity contribution in [3.05, 3.63) is 47.0 Å². The van der Waals surface area contributed by atoms with Crippen LogP contribution in [0.2, 0.25) is 0 Å². The van der Waals surface area contributed by atoms with Crippen molar-refractivity contribution in [3.8, 4) is 0 Å². The summed E-state index contributed by atoms with van der Waals surface area (Å²) in [6, 6.07) is 7.79. The molecule has 1 aromatic carbocycles. The highest BCUT2D eigenvalue weighted by Crippen LogP contribution is 2.65. The Morgan fingerprint density at radius 2 is 1.78 bits per heavy atom. The number of fused-ring (bicyclic) bond motifs is 2. The minimum Gasteiger partial charge on any atom is -0.294 e. The van der Waals surface area contributed by atoms with Gasteiger partial charge >= 0.3 is 0 Å². The number of halogens is 1. The normalized spacial score (nSPS) is 30.5. The third-order valence-electron chi connectivity index (χ3n) is 6.03. The molecule has 0 amide bonds. The Kier molecular flexibility index (Phi) is 3.84. The van der Waals surface area contributed by atoms with Crippen molar-refractivity contribution in [1.82, 2.24) is 0 Å². The van der Waals surface area contributed by atoms with E-state index in [4.69, 9.17) is 11.6 Å². The van der Waals surface area contributed by atoms with Gasteiger partial charge in [-0.2, -0.15) is 0 Å². The largest absolute Gasteiger partial charge is 0.294 e.